The van der Waals surface area contributed by atoms with Crippen LogP contribution in [0.3, 0.4) is 0 Å². The highest BCUT2D eigenvalue weighted by molar-refractivity contribution is 5.89. The minimum Gasteiger partial charge on any atom is -0.465 e. The number of methoxy groups -OCH3 is 1. The standard InChI is InChI=1S/C22H29F2NO4/c1-20(2,3)29-19(27)25-12-11-21(9-10-22(23,24)14-21)13-17(25)15-5-7-16(8-6-15)18(26)28-4/h5-8,17H,9-14H2,1-4H3. The SMILES string of the molecule is COC(=O)c1ccc(C2CC3(CCN2C(=O)OC(C)(C)C)CCC(F)(F)C3)cc1. The Morgan fingerprint density at radius 3 is 2.28 bits per heavy atom. The van der Waals surface area contributed by atoms with Crippen molar-refractivity contribution in [3.8, 4) is 0 Å². The van der Waals surface area contributed by atoms with Crippen LogP contribution in [0, 0.1) is 5.41 Å². The van der Waals surface area contributed by atoms with E-state index in [2.05, 4.69) is 0 Å². The Morgan fingerprint density at radius 1 is 1.10 bits per heavy atom. The summed E-state index contributed by atoms with van der Waals surface area (Å²) >= 11 is 0. The van der Waals surface area contributed by atoms with Crippen LogP contribution in [0.2, 0.25) is 0 Å². The molecule has 2 fully saturated rings. The molecule has 5 nitrogen and oxygen atoms in total. The third kappa shape index (κ3) is 4.87. The molecule has 0 radical (unpaired) electrons. The van der Waals surface area contributed by atoms with Gasteiger partial charge in [-0.2, -0.15) is 0 Å². The van der Waals surface area contributed by atoms with E-state index in [1.165, 1.54) is 7.11 Å². The number of likely N-dealkylation sites (tertiary alicyclic amines) is 1. The highest BCUT2D eigenvalue weighted by atomic mass is 19.3. The maximum absolute atomic E-state index is 14.0. The number of carbonyl (C=O) groups is 2. The molecule has 1 saturated carbocycles. The van der Waals surface area contributed by atoms with Crippen molar-refractivity contribution >= 4 is 12.1 Å². The number of amides is 1. The molecular weight excluding hydrogens is 380 g/mol. The van der Waals surface area contributed by atoms with Gasteiger partial charge in [0.2, 0.25) is 5.92 Å². The Labute approximate surface area is 170 Å². The molecule has 1 saturated heterocycles. The van der Waals surface area contributed by atoms with Crippen LogP contribution in [0.5, 0.6) is 0 Å². The van der Waals surface area contributed by atoms with E-state index < -0.39 is 29.0 Å². The van der Waals surface area contributed by atoms with Crippen molar-refractivity contribution in [2.24, 2.45) is 5.41 Å². The lowest BCUT2D eigenvalue weighted by atomic mass is 9.72. The summed E-state index contributed by atoms with van der Waals surface area (Å²) in [5.41, 5.74) is 0.0790. The molecule has 1 aliphatic heterocycles. The van der Waals surface area contributed by atoms with Gasteiger partial charge in [0.25, 0.3) is 0 Å². The molecule has 160 valence electrons. The van der Waals surface area contributed by atoms with Crippen LogP contribution < -0.4 is 0 Å². The zero-order chi connectivity index (χ0) is 21.4. The predicted octanol–water partition coefficient (Wildman–Crippen LogP) is 5.35. The van der Waals surface area contributed by atoms with Gasteiger partial charge in [-0.25, -0.2) is 18.4 Å². The summed E-state index contributed by atoms with van der Waals surface area (Å²) in [6.45, 7) is 5.77. The van der Waals surface area contributed by atoms with Gasteiger partial charge in [0.15, 0.2) is 0 Å². The van der Waals surface area contributed by atoms with Crippen LogP contribution in [0.4, 0.5) is 13.6 Å². The molecule has 1 spiro atoms. The summed E-state index contributed by atoms with van der Waals surface area (Å²) in [5.74, 6) is -3.09. The van der Waals surface area contributed by atoms with E-state index in [9.17, 15) is 18.4 Å². The Balaban J connectivity index is 1.89. The van der Waals surface area contributed by atoms with Crippen molar-refractivity contribution in [1.82, 2.24) is 4.90 Å². The lowest BCUT2D eigenvalue weighted by Crippen LogP contribution is -2.46. The number of piperidine rings is 1. The van der Waals surface area contributed by atoms with Gasteiger partial charge >= 0.3 is 12.1 Å². The maximum Gasteiger partial charge on any atom is 0.410 e. The first-order chi connectivity index (χ1) is 13.4. The summed E-state index contributed by atoms with van der Waals surface area (Å²) in [4.78, 5) is 26.2. The van der Waals surface area contributed by atoms with Gasteiger partial charge in [0.1, 0.15) is 5.60 Å². The molecule has 1 heterocycles. The van der Waals surface area contributed by atoms with Crippen LogP contribution in [-0.4, -0.2) is 42.1 Å². The smallest absolute Gasteiger partial charge is 0.410 e. The van der Waals surface area contributed by atoms with Gasteiger partial charge in [-0.05, 0) is 63.1 Å². The normalized spacial score (nSPS) is 26.4. The molecule has 2 unspecified atom stereocenters. The van der Waals surface area contributed by atoms with Gasteiger partial charge < -0.3 is 14.4 Å². The number of esters is 1. The summed E-state index contributed by atoms with van der Waals surface area (Å²) in [7, 11) is 1.31. The van der Waals surface area contributed by atoms with Gasteiger partial charge in [-0.3, -0.25) is 0 Å². The lowest BCUT2D eigenvalue weighted by molar-refractivity contribution is -0.0305. The van der Waals surface area contributed by atoms with E-state index in [0.29, 0.717) is 31.4 Å². The zero-order valence-electron chi connectivity index (χ0n) is 17.5. The second-order valence-corrected chi connectivity index (χ2v) is 9.29. The molecule has 1 aromatic carbocycles. The molecule has 29 heavy (non-hydrogen) atoms. The quantitative estimate of drug-likeness (QED) is 0.618. The van der Waals surface area contributed by atoms with Crippen LogP contribution >= 0.6 is 0 Å². The minimum atomic E-state index is -2.65. The second kappa shape index (κ2) is 7.58. The number of hydrogen-bond donors (Lipinski definition) is 0. The maximum atomic E-state index is 14.0. The van der Waals surface area contributed by atoms with Crippen molar-refractivity contribution in [3.05, 3.63) is 35.4 Å². The molecule has 2 aliphatic rings. The highest BCUT2D eigenvalue weighted by Crippen LogP contribution is 2.56. The first kappa shape index (κ1) is 21.5. The number of benzene rings is 1. The first-order valence-corrected chi connectivity index (χ1v) is 9.99. The summed E-state index contributed by atoms with van der Waals surface area (Å²) in [6, 6.07) is 6.43. The van der Waals surface area contributed by atoms with Crippen LogP contribution in [0.1, 0.15) is 74.8 Å². The van der Waals surface area contributed by atoms with Crippen molar-refractivity contribution in [2.45, 2.75) is 70.4 Å². The van der Waals surface area contributed by atoms with E-state index in [-0.39, 0.29) is 18.9 Å². The monoisotopic (exact) mass is 409 g/mol. The molecular formula is C22H29F2NO4. The van der Waals surface area contributed by atoms with E-state index in [4.69, 9.17) is 9.47 Å². The van der Waals surface area contributed by atoms with Crippen molar-refractivity contribution in [2.75, 3.05) is 13.7 Å². The van der Waals surface area contributed by atoms with Crippen LogP contribution in [0.15, 0.2) is 24.3 Å². The molecule has 0 aromatic heterocycles. The third-order valence-electron chi connectivity index (χ3n) is 5.88. The first-order valence-electron chi connectivity index (χ1n) is 9.99. The molecule has 2 atom stereocenters. The average molecular weight is 409 g/mol. The van der Waals surface area contributed by atoms with E-state index in [1.54, 1.807) is 49.9 Å². The summed E-state index contributed by atoms with van der Waals surface area (Å²) in [5, 5.41) is 0. The Morgan fingerprint density at radius 2 is 1.76 bits per heavy atom. The minimum absolute atomic E-state index is 0.104. The number of halogens is 2. The summed E-state index contributed by atoms with van der Waals surface area (Å²) < 4.78 is 38.3. The zero-order valence-corrected chi connectivity index (χ0v) is 17.5. The predicted molar refractivity (Wildman–Crippen MR) is 104 cm³/mol. The van der Waals surface area contributed by atoms with E-state index >= 15 is 0 Å². The fraction of sp³-hybridized carbons (Fsp3) is 0.636. The molecule has 0 bridgehead atoms. The Kier molecular flexibility index (Phi) is 5.62. The Hall–Kier alpha value is -2.18. The topological polar surface area (TPSA) is 55.8 Å². The molecule has 7 heteroatoms. The molecule has 1 aromatic rings. The molecule has 0 N–H and O–H groups in total. The van der Waals surface area contributed by atoms with E-state index in [1.807, 2.05) is 0 Å². The molecule has 1 amide bonds. The van der Waals surface area contributed by atoms with Crippen molar-refractivity contribution in [3.63, 3.8) is 0 Å². The number of hydrogen-bond acceptors (Lipinski definition) is 4. The average Bonchev–Trinajstić information content (AvgIpc) is 2.93. The Bertz CT molecular complexity index is 772. The number of rotatable bonds is 2. The third-order valence-corrected chi connectivity index (χ3v) is 5.88. The highest BCUT2D eigenvalue weighted by Gasteiger charge is 2.53. The van der Waals surface area contributed by atoms with Gasteiger partial charge in [0, 0.05) is 19.4 Å². The molecule has 1 aliphatic carbocycles. The summed E-state index contributed by atoms with van der Waals surface area (Å²) in [6.07, 6.45) is 0.766. The fourth-order valence-corrected chi connectivity index (χ4v) is 4.49. The van der Waals surface area contributed by atoms with Crippen LogP contribution in [0.25, 0.3) is 0 Å². The number of alkyl halides is 2. The largest absolute Gasteiger partial charge is 0.465 e. The van der Waals surface area contributed by atoms with Gasteiger partial charge in [-0.1, -0.05) is 12.1 Å². The van der Waals surface area contributed by atoms with E-state index in [0.717, 1.165) is 5.56 Å². The van der Waals surface area contributed by atoms with Crippen molar-refractivity contribution in [1.29, 1.82) is 0 Å². The fourth-order valence-electron chi connectivity index (χ4n) is 4.49. The number of carbonyl (C=O) groups excluding carboxylic acids is 2. The van der Waals surface area contributed by atoms with Gasteiger partial charge in [0.05, 0.1) is 18.7 Å². The van der Waals surface area contributed by atoms with Crippen molar-refractivity contribution < 1.29 is 27.8 Å². The second-order valence-electron chi connectivity index (χ2n) is 9.29. The van der Waals surface area contributed by atoms with Crippen LogP contribution in [-0.2, 0) is 9.47 Å². The van der Waals surface area contributed by atoms with Gasteiger partial charge in [-0.15, -0.1) is 0 Å². The number of nitrogens with zero attached hydrogens (tertiary/aromatic N) is 1. The number of ether oxygens (including phenoxy) is 2. The molecule has 3 rings (SSSR count). The lowest BCUT2D eigenvalue weighted by Gasteiger charge is -2.45.